The van der Waals surface area contributed by atoms with Crippen LogP contribution in [0.25, 0.3) is 111 Å². The number of nitrogens with zero attached hydrogens (tertiary/aromatic N) is 9. The molecule has 0 spiro atoms. The van der Waals surface area contributed by atoms with Gasteiger partial charge in [0.15, 0.2) is 22.6 Å². The van der Waals surface area contributed by atoms with E-state index in [1.807, 2.05) is 263 Å². The molecular weight excluding hydrogens is 1410 g/mol. The Hall–Kier alpha value is -13.9. The van der Waals surface area contributed by atoms with Crippen molar-refractivity contribution in [1.29, 1.82) is 0 Å². The average Bonchev–Trinajstić information content (AvgIpc) is 1.63. The van der Waals surface area contributed by atoms with Crippen molar-refractivity contribution < 1.29 is 14.3 Å². The fourth-order valence-corrected chi connectivity index (χ4v) is 13.8. The number of carbonyl (C=O) groups is 2. The maximum Gasteiger partial charge on any atom is 0.260 e. The molecule has 1 aliphatic rings. The number of amides is 2. The summed E-state index contributed by atoms with van der Waals surface area (Å²) in [5.74, 6) is 1.51. The van der Waals surface area contributed by atoms with Gasteiger partial charge >= 0.3 is 0 Å². The molecule has 23 heteroatoms. The summed E-state index contributed by atoms with van der Waals surface area (Å²) in [5, 5.41) is 11.5. The molecule has 1 fully saturated rings. The first-order chi connectivity index (χ1) is 54.8. The average molecular weight is 1490 g/mol. The van der Waals surface area contributed by atoms with Crippen LogP contribution in [0, 0.1) is 5.92 Å². The van der Waals surface area contributed by atoms with E-state index in [4.69, 9.17) is 4.74 Å². The number of benzene rings is 8. The Bertz CT molecular complexity index is 6200. The van der Waals surface area contributed by atoms with E-state index in [1.165, 1.54) is 37.8 Å². The summed E-state index contributed by atoms with van der Waals surface area (Å²) in [6.07, 6.45) is 17.3. The van der Waals surface area contributed by atoms with Gasteiger partial charge in [0.25, 0.3) is 22.2 Å². The van der Waals surface area contributed by atoms with Gasteiger partial charge in [0.1, 0.15) is 5.75 Å². The zero-order valence-electron chi connectivity index (χ0n) is 62.4. The van der Waals surface area contributed by atoms with Gasteiger partial charge < -0.3 is 63.8 Å². The quantitative estimate of drug-likeness (QED) is 0.0330. The van der Waals surface area contributed by atoms with Crippen molar-refractivity contribution in [2.24, 2.45) is 5.92 Å². The highest BCUT2D eigenvalue weighted by Crippen LogP contribution is 2.35. The fourth-order valence-electron chi connectivity index (χ4n) is 13.8. The van der Waals surface area contributed by atoms with E-state index in [1.54, 1.807) is 4.90 Å². The first-order valence-electron chi connectivity index (χ1n) is 37.2. The van der Waals surface area contributed by atoms with Gasteiger partial charge in [-0.2, -0.15) is 0 Å². The smallest absolute Gasteiger partial charge is 0.260 e. The minimum atomic E-state index is -0.183. The van der Waals surface area contributed by atoms with E-state index in [0.717, 1.165) is 130 Å². The topological polar surface area (TPSA) is 285 Å². The molecule has 562 valence electrons. The number of aromatic nitrogens is 12. The van der Waals surface area contributed by atoms with Crippen LogP contribution in [0.5, 0.6) is 5.75 Å². The van der Waals surface area contributed by atoms with Crippen LogP contribution in [0.4, 0.5) is 0 Å². The summed E-state index contributed by atoms with van der Waals surface area (Å²) in [4.78, 5) is 104. The normalized spacial score (nSPS) is 11.8. The van der Waals surface area contributed by atoms with E-state index in [-0.39, 0.29) is 34.1 Å². The highest BCUT2D eigenvalue weighted by molar-refractivity contribution is 5.98. The third-order valence-corrected chi connectivity index (χ3v) is 19.5. The lowest BCUT2D eigenvalue weighted by atomic mass is 10.0. The van der Waals surface area contributed by atoms with Crippen molar-refractivity contribution in [2.45, 2.75) is 59.2 Å². The van der Waals surface area contributed by atoms with Crippen molar-refractivity contribution in [2.75, 3.05) is 33.8 Å². The SMILES string of the molecule is CC(=O)NCc1cccc(-c2cn(-c3ccccc3)c3nc[nH]c(=O)c23)c1.CCCCCC(=O)N(C)Cc1cccc(-c2cn(-c3ccccc3)c3nc[nH]c(=O)c23)c1.CNCc1cccc(-c2cn(-c3ccccc3)c3nc[nH]c(=O)c23)c1.O=c1[nH]cnc2c1c(-c1ccc(OCC3CNC3)cc1)cn2-c1ccccc1. The molecule has 16 aromatic rings. The van der Waals surface area contributed by atoms with Crippen LogP contribution in [0.15, 0.2) is 288 Å². The van der Waals surface area contributed by atoms with Crippen LogP contribution in [-0.2, 0) is 29.2 Å². The Morgan fingerprint density at radius 2 is 0.821 bits per heavy atom. The second-order valence-electron chi connectivity index (χ2n) is 27.3. The maximum atomic E-state index is 12.7. The van der Waals surface area contributed by atoms with Crippen molar-refractivity contribution in [3.8, 4) is 73.0 Å². The van der Waals surface area contributed by atoms with E-state index in [9.17, 15) is 28.8 Å². The van der Waals surface area contributed by atoms with Crippen molar-refractivity contribution in [1.82, 2.24) is 79.0 Å². The highest BCUT2D eigenvalue weighted by atomic mass is 16.5. The summed E-state index contributed by atoms with van der Waals surface area (Å²) in [6, 6.07) is 71.4. The van der Waals surface area contributed by atoms with Gasteiger partial charge in [-0.1, -0.05) is 159 Å². The van der Waals surface area contributed by atoms with Crippen LogP contribution in [0.1, 0.15) is 56.2 Å². The molecule has 7 N–H and O–H groups in total. The molecule has 1 saturated heterocycles. The number of hydrogen-bond donors (Lipinski definition) is 7. The predicted octanol–water partition coefficient (Wildman–Crippen LogP) is 14.0. The molecule has 0 atom stereocenters. The zero-order valence-corrected chi connectivity index (χ0v) is 62.4. The number of hydrogen-bond acceptors (Lipinski definition) is 13. The Morgan fingerprint density at radius 1 is 0.455 bits per heavy atom. The first kappa shape index (κ1) is 74.9. The number of ether oxygens (including phenoxy) is 1. The lowest BCUT2D eigenvalue weighted by molar-refractivity contribution is -0.130. The number of unbranched alkanes of at least 4 members (excludes halogenated alkanes) is 2. The molecule has 23 nitrogen and oxygen atoms in total. The van der Waals surface area contributed by atoms with Gasteiger partial charge in [0.05, 0.1) is 53.5 Å². The molecule has 8 aromatic heterocycles. The van der Waals surface area contributed by atoms with Gasteiger partial charge in [0, 0.05) is 129 Å². The monoisotopic (exact) mass is 1490 g/mol. The Kier molecular flexibility index (Phi) is 23.4. The molecule has 2 amide bonds. The standard InChI is InChI=1S/C26H28N4O2.C22H20N4O2.C21H18N4O2.C20H18N4O/c1-3-4-6-14-23(31)29(2)16-19-10-9-11-20(15-19)22-17-30(21-12-7-5-8-13-21)25-24(22)26(32)28-18-27-25;27-22-20-19(16-6-8-18(9-7-16)28-13-15-10-23-11-15)12-26(21(20)24-14-25-22)17-4-2-1-3-5-17;1-14(26)22-11-15-6-5-7-16(10-15)18-12-25(17-8-3-2-4-9-17)20-19(18)21(27)24-13-23-20;1-21-11-14-6-5-7-15(10-14)17-12-24(16-8-3-2-4-9-16)19-18(17)20(25)23-13-22-19/h5,7-13,15,17-18H,3-4,6,14,16H2,1-2H3,(H,27,28,32);1-9,12,14-15,23H,10-11,13H2,(H,24,25,27);2-10,12-13H,11H2,1H3,(H,22,26)(H,23,24,27);2-10,12-13,21H,11H2,1H3,(H,22,23,25). The van der Waals surface area contributed by atoms with Crippen LogP contribution in [-0.4, -0.2) is 109 Å². The number of H-pyrrole nitrogens is 4. The first-order valence-corrected chi connectivity index (χ1v) is 37.2. The molecule has 17 rings (SSSR count). The van der Waals surface area contributed by atoms with Crippen LogP contribution < -0.4 is 42.9 Å². The Morgan fingerprint density at radius 3 is 1.18 bits per heavy atom. The zero-order chi connectivity index (χ0) is 77.5. The third kappa shape index (κ3) is 17.0. The number of carbonyl (C=O) groups excluding carboxylic acids is 2. The molecule has 0 aliphatic carbocycles. The Balaban J connectivity index is 0.000000124. The molecule has 0 radical (unpaired) electrons. The predicted molar refractivity (Wildman–Crippen MR) is 441 cm³/mol. The summed E-state index contributed by atoms with van der Waals surface area (Å²) in [7, 11) is 3.76. The van der Waals surface area contributed by atoms with E-state index < -0.39 is 0 Å². The van der Waals surface area contributed by atoms with Crippen molar-refractivity contribution >= 4 is 55.9 Å². The van der Waals surface area contributed by atoms with Gasteiger partial charge in [-0.05, 0) is 131 Å². The number of para-hydroxylation sites is 4. The molecule has 1 aliphatic heterocycles. The summed E-state index contributed by atoms with van der Waals surface area (Å²) < 4.78 is 13.6. The van der Waals surface area contributed by atoms with Crippen molar-refractivity contribution in [3.63, 3.8) is 0 Å². The largest absolute Gasteiger partial charge is 0.493 e. The van der Waals surface area contributed by atoms with E-state index in [0.29, 0.717) is 69.6 Å². The molecular formula is C89H84N16O7. The summed E-state index contributed by atoms with van der Waals surface area (Å²) >= 11 is 0. The molecule has 0 bridgehead atoms. The molecule has 112 heavy (non-hydrogen) atoms. The second kappa shape index (κ2) is 35.0. The molecule has 0 saturated carbocycles. The number of nitrogens with one attached hydrogen (secondary N) is 7. The van der Waals surface area contributed by atoms with Crippen LogP contribution in [0.2, 0.25) is 0 Å². The maximum absolute atomic E-state index is 12.7. The van der Waals surface area contributed by atoms with Gasteiger partial charge in [-0.15, -0.1) is 0 Å². The highest BCUT2D eigenvalue weighted by Gasteiger charge is 2.23. The van der Waals surface area contributed by atoms with Crippen LogP contribution in [0.3, 0.4) is 0 Å². The molecule has 0 unspecified atom stereocenters. The fraction of sp³-hybridized carbons (Fsp3) is 0.169. The minimum Gasteiger partial charge on any atom is -0.493 e. The van der Waals surface area contributed by atoms with Crippen molar-refractivity contribution in [3.05, 3.63) is 327 Å². The number of rotatable bonds is 21. The molecule has 8 aromatic carbocycles. The molecule has 9 heterocycles. The second-order valence-corrected chi connectivity index (χ2v) is 27.3. The lowest BCUT2D eigenvalue weighted by Gasteiger charge is -2.26. The summed E-state index contributed by atoms with van der Waals surface area (Å²) in [5.41, 5.74) is 16.0. The lowest BCUT2D eigenvalue weighted by Crippen LogP contribution is -2.45. The number of fused-ring (bicyclic) bond motifs is 4. The Labute approximate surface area is 644 Å². The van der Waals surface area contributed by atoms with Gasteiger partial charge in [-0.25, -0.2) is 19.9 Å². The summed E-state index contributed by atoms with van der Waals surface area (Å²) in [6.45, 7) is 8.14. The third-order valence-electron chi connectivity index (χ3n) is 19.5. The minimum absolute atomic E-state index is 0.0817. The van der Waals surface area contributed by atoms with Gasteiger partial charge in [-0.3, -0.25) is 28.8 Å². The van der Waals surface area contributed by atoms with E-state index in [2.05, 4.69) is 74.9 Å². The van der Waals surface area contributed by atoms with Crippen LogP contribution >= 0.6 is 0 Å². The van der Waals surface area contributed by atoms with Gasteiger partial charge in [0.2, 0.25) is 11.8 Å². The van der Waals surface area contributed by atoms with E-state index >= 15 is 0 Å². The number of aromatic amines is 4.